The number of anilines is 1. The number of halogens is 2. The minimum atomic E-state index is -0.672. The summed E-state index contributed by atoms with van der Waals surface area (Å²) in [7, 11) is 1.71. The summed E-state index contributed by atoms with van der Waals surface area (Å²) in [5.41, 5.74) is 2.53. The summed E-state index contributed by atoms with van der Waals surface area (Å²) in [6, 6.07) is 5.85. The molecule has 8 nitrogen and oxygen atoms in total. The number of carbonyl (C=O) groups is 1. The molecule has 1 aromatic carbocycles. The van der Waals surface area contributed by atoms with E-state index in [1.807, 2.05) is 6.92 Å². The van der Waals surface area contributed by atoms with Crippen LogP contribution in [-0.4, -0.2) is 35.4 Å². The van der Waals surface area contributed by atoms with E-state index in [0.717, 1.165) is 0 Å². The second-order valence-corrected chi connectivity index (χ2v) is 9.95. The van der Waals surface area contributed by atoms with Gasteiger partial charge in [0.15, 0.2) is 11.6 Å². The van der Waals surface area contributed by atoms with Gasteiger partial charge in [-0.2, -0.15) is 0 Å². The summed E-state index contributed by atoms with van der Waals surface area (Å²) < 4.78 is 20.3. The van der Waals surface area contributed by atoms with Crippen molar-refractivity contribution in [3.63, 3.8) is 0 Å². The van der Waals surface area contributed by atoms with Crippen LogP contribution in [0.3, 0.4) is 0 Å². The number of pyridine rings is 1. The lowest BCUT2D eigenvalue weighted by molar-refractivity contribution is -0.123. The topological polar surface area (TPSA) is 123 Å². The van der Waals surface area contributed by atoms with E-state index in [-0.39, 0.29) is 41.4 Å². The molecule has 0 spiro atoms. The molecule has 2 aromatic rings. The van der Waals surface area contributed by atoms with Gasteiger partial charge in [-0.3, -0.25) is 15.6 Å². The van der Waals surface area contributed by atoms with Gasteiger partial charge >= 0.3 is 0 Å². The van der Waals surface area contributed by atoms with Crippen LogP contribution in [0, 0.1) is 22.1 Å². The number of carbonyl (C=O) groups excluding carboxylic acids is 1. The zero-order valence-electron chi connectivity index (χ0n) is 21.6. The van der Waals surface area contributed by atoms with E-state index in [0.29, 0.717) is 40.1 Å². The lowest BCUT2D eigenvalue weighted by Crippen LogP contribution is -2.28. The van der Waals surface area contributed by atoms with Gasteiger partial charge in [0.05, 0.1) is 5.71 Å². The number of ether oxygens (including phenoxy) is 1. The van der Waals surface area contributed by atoms with Crippen molar-refractivity contribution in [2.24, 2.45) is 5.41 Å². The maximum Gasteiger partial charge on any atom is 0.231 e. The van der Waals surface area contributed by atoms with E-state index < -0.39 is 11.2 Å². The monoisotopic (exact) mass is 526 g/mol. The normalized spacial score (nSPS) is 17.2. The SMILES string of the molecule is CCN/C1=C(\C(=N)Cl)C/C(=C/NC)C(=N)c2ccc(F)cc2COc2cc1cnc2NC(=O)C(C)(C)C. The van der Waals surface area contributed by atoms with Crippen molar-refractivity contribution in [3.8, 4) is 5.75 Å². The van der Waals surface area contributed by atoms with Crippen molar-refractivity contribution in [1.29, 1.82) is 10.8 Å². The molecule has 10 heteroatoms. The number of fused-ring (bicyclic) bond motifs is 3. The molecule has 0 saturated heterocycles. The van der Waals surface area contributed by atoms with Gasteiger partial charge in [0.25, 0.3) is 0 Å². The van der Waals surface area contributed by atoms with Crippen LogP contribution in [0.2, 0.25) is 0 Å². The third kappa shape index (κ3) is 6.54. The highest BCUT2D eigenvalue weighted by atomic mass is 35.5. The number of nitrogens with zero attached hydrogens (tertiary/aromatic N) is 1. The molecular formula is C27H32ClFN6O2. The molecular weight excluding hydrogens is 495 g/mol. The van der Waals surface area contributed by atoms with Crippen LogP contribution in [0.15, 0.2) is 47.8 Å². The maximum absolute atomic E-state index is 14.2. The van der Waals surface area contributed by atoms with Gasteiger partial charge in [-0.1, -0.05) is 32.4 Å². The van der Waals surface area contributed by atoms with Crippen LogP contribution >= 0.6 is 11.6 Å². The zero-order valence-corrected chi connectivity index (χ0v) is 22.4. The van der Waals surface area contributed by atoms with E-state index >= 15 is 0 Å². The Labute approximate surface area is 221 Å². The Morgan fingerprint density at radius 2 is 2.03 bits per heavy atom. The van der Waals surface area contributed by atoms with E-state index in [1.54, 1.807) is 46.3 Å². The molecule has 1 aliphatic rings. The Morgan fingerprint density at radius 1 is 1.30 bits per heavy atom. The first kappa shape index (κ1) is 27.9. The fourth-order valence-electron chi connectivity index (χ4n) is 3.75. The summed E-state index contributed by atoms with van der Waals surface area (Å²) in [5, 5.41) is 26.1. The van der Waals surface area contributed by atoms with Gasteiger partial charge in [0.2, 0.25) is 5.91 Å². The van der Waals surface area contributed by atoms with Crippen molar-refractivity contribution in [2.75, 3.05) is 18.9 Å². The number of benzene rings is 1. The maximum atomic E-state index is 14.2. The average Bonchev–Trinajstić information content (AvgIpc) is 2.83. The molecule has 3 rings (SSSR count). The second kappa shape index (κ2) is 11.6. The molecule has 0 fully saturated rings. The van der Waals surface area contributed by atoms with Gasteiger partial charge in [0.1, 0.15) is 17.6 Å². The number of allylic oxidation sites excluding steroid dienone is 2. The summed E-state index contributed by atoms with van der Waals surface area (Å²) >= 11 is 6.28. The Balaban J connectivity index is 2.29. The molecule has 0 aliphatic carbocycles. The molecule has 1 amide bonds. The van der Waals surface area contributed by atoms with Gasteiger partial charge in [-0.25, -0.2) is 9.37 Å². The molecule has 0 unspecified atom stereocenters. The Bertz CT molecular complexity index is 1300. The minimum Gasteiger partial charge on any atom is -0.485 e. The number of aromatic nitrogens is 1. The zero-order chi connectivity index (χ0) is 27.3. The average molecular weight is 527 g/mol. The van der Waals surface area contributed by atoms with E-state index in [4.69, 9.17) is 27.2 Å². The van der Waals surface area contributed by atoms with Crippen LogP contribution in [0.1, 0.15) is 50.8 Å². The Morgan fingerprint density at radius 3 is 2.65 bits per heavy atom. The number of hydrogen-bond donors (Lipinski definition) is 5. The van der Waals surface area contributed by atoms with Gasteiger partial charge in [-0.05, 0) is 36.8 Å². The molecule has 196 valence electrons. The fraction of sp³-hybridized carbons (Fsp3) is 0.333. The van der Waals surface area contributed by atoms with Gasteiger partial charge < -0.3 is 20.7 Å². The third-order valence-electron chi connectivity index (χ3n) is 5.70. The summed E-state index contributed by atoms with van der Waals surface area (Å²) in [5.74, 6) is -0.242. The Hall–Kier alpha value is -3.72. The highest BCUT2D eigenvalue weighted by Crippen LogP contribution is 2.33. The molecule has 0 radical (unpaired) electrons. The largest absolute Gasteiger partial charge is 0.485 e. The highest BCUT2D eigenvalue weighted by Gasteiger charge is 2.25. The standard InChI is InChI=1S/C27H32ClFN6O2/c1-6-33-23-16-11-21(25(34-13-16)35-26(36)27(2,3)4)37-14-17-9-18(29)7-8-19(17)22(30)15(12-32-5)10-20(23)24(28)31/h7-9,11-13,30-33H,6,10,14H2,1-5H3,(H,34,35,36)/b15-12-,23-20-,30-22?,31-24?. The van der Waals surface area contributed by atoms with Crippen LogP contribution in [0.5, 0.6) is 5.75 Å². The van der Waals surface area contributed by atoms with Crippen LogP contribution in [0.4, 0.5) is 10.2 Å². The van der Waals surface area contributed by atoms with Gasteiger partial charge in [0, 0.05) is 65.8 Å². The van der Waals surface area contributed by atoms with Crippen molar-refractivity contribution < 1.29 is 13.9 Å². The molecule has 37 heavy (non-hydrogen) atoms. The van der Waals surface area contributed by atoms with E-state index in [9.17, 15) is 9.18 Å². The Kier molecular flexibility index (Phi) is 8.70. The fourth-order valence-corrected chi connectivity index (χ4v) is 3.91. The minimum absolute atomic E-state index is 0.0652. The highest BCUT2D eigenvalue weighted by molar-refractivity contribution is 6.69. The first-order chi connectivity index (χ1) is 17.5. The van der Waals surface area contributed by atoms with E-state index in [2.05, 4.69) is 20.9 Å². The van der Waals surface area contributed by atoms with Gasteiger partial charge in [-0.15, -0.1) is 0 Å². The first-order valence-corrected chi connectivity index (χ1v) is 12.2. The number of amides is 1. The van der Waals surface area contributed by atoms with Crippen molar-refractivity contribution in [3.05, 3.63) is 70.3 Å². The smallest absolute Gasteiger partial charge is 0.231 e. The molecule has 5 N–H and O–H groups in total. The molecule has 1 aromatic heterocycles. The van der Waals surface area contributed by atoms with Crippen LogP contribution < -0.4 is 20.7 Å². The second-order valence-electron chi connectivity index (χ2n) is 9.57. The molecule has 1 aliphatic heterocycles. The predicted octanol–water partition coefficient (Wildman–Crippen LogP) is 5.20. The molecule has 2 bridgehead atoms. The van der Waals surface area contributed by atoms with Crippen molar-refractivity contribution in [1.82, 2.24) is 15.6 Å². The number of nitrogens with one attached hydrogen (secondary N) is 5. The van der Waals surface area contributed by atoms with Crippen LogP contribution in [0.25, 0.3) is 5.70 Å². The van der Waals surface area contributed by atoms with Crippen molar-refractivity contribution in [2.45, 2.75) is 40.7 Å². The quantitative estimate of drug-likeness (QED) is 0.343. The lowest BCUT2D eigenvalue weighted by atomic mass is 9.92. The summed E-state index contributed by atoms with van der Waals surface area (Å²) in [4.78, 5) is 17.2. The van der Waals surface area contributed by atoms with Crippen molar-refractivity contribution >= 4 is 39.9 Å². The first-order valence-electron chi connectivity index (χ1n) is 11.9. The molecule has 0 atom stereocenters. The predicted molar refractivity (Wildman–Crippen MR) is 146 cm³/mol. The van der Waals surface area contributed by atoms with E-state index in [1.165, 1.54) is 18.2 Å². The molecule has 2 heterocycles. The van der Waals surface area contributed by atoms with Crippen LogP contribution in [-0.2, 0) is 11.4 Å². The molecule has 0 saturated carbocycles. The lowest BCUT2D eigenvalue weighted by Gasteiger charge is -2.23. The summed E-state index contributed by atoms with van der Waals surface area (Å²) in [6.45, 7) is 7.74. The number of hydrogen-bond acceptors (Lipinski definition) is 7. The third-order valence-corrected chi connectivity index (χ3v) is 5.93. The number of rotatable bonds is 5. The summed E-state index contributed by atoms with van der Waals surface area (Å²) in [6.07, 6.45) is 3.38.